The number of urea groups is 1. The number of carbonyl (C=O) groups excluding carboxylic acids is 2. The summed E-state index contributed by atoms with van der Waals surface area (Å²) in [5.41, 5.74) is 0. The van der Waals surface area contributed by atoms with Crippen LogP contribution in [-0.2, 0) is 9.59 Å². The summed E-state index contributed by atoms with van der Waals surface area (Å²) < 4.78 is 0. The Morgan fingerprint density at radius 1 is 1.40 bits per heavy atom. The van der Waals surface area contributed by atoms with Gasteiger partial charge in [0, 0.05) is 26.6 Å². The predicted molar refractivity (Wildman–Crippen MR) is 71.8 cm³/mol. The predicted octanol–water partition coefficient (Wildman–Crippen LogP) is -0.273. The van der Waals surface area contributed by atoms with Crippen molar-refractivity contribution in [2.75, 3.05) is 26.7 Å². The summed E-state index contributed by atoms with van der Waals surface area (Å²) in [6, 6.07) is -1.77. The van der Waals surface area contributed by atoms with Crippen molar-refractivity contribution in [3.63, 3.8) is 0 Å². The van der Waals surface area contributed by atoms with Gasteiger partial charge in [-0.15, -0.1) is 12.3 Å². The van der Waals surface area contributed by atoms with Crippen LogP contribution < -0.4 is 5.32 Å². The van der Waals surface area contributed by atoms with Crippen LogP contribution in [0, 0.1) is 12.3 Å². The molecule has 7 heteroatoms. The fraction of sp³-hybridized carbons (Fsp3) is 0.615. The number of likely N-dealkylation sites (N-methyl/N-ethyl adjacent to an activating group) is 1. The first-order valence-corrected chi connectivity index (χ1v) is 6.41. The second kappa shape index (κ2) is 7.38. The van der Waals surface area contributed by atoms with Gasteiger partial charge in [-0.05, 0) is 12.8 Å². The number of rotatable bonds is 5. The summed E-state index contributed by atoms with van der Waals surface area (Å²) >= 11 is 0. The maximum Gasteiger partial charge on any atom is 0.327 e. The summed E-state index contributed by atoms with van der Waals surface area (Å²) in [4.78, 5) is 37.4. The number of nitrogens with one attached hydrogen (secondary N) is 1. The Balaban J connectivity index is 2.47. The van der Waals surface area contributed by atoms with Crippen molar-refractivity contribution in [2.45, 2.75) is 25.3 Å². The maximum atomic E-state index is 11.9. The quantitative estimate of drug-likeness (QED) is 0.679. The van der Waals surface area contributed by atoms with Gasteiger partial charge in [0.1, 0.15) is 12.6 Å². The highest BCUT2D eigenvalue weighted by Gasteiger charge is 2.24. The minimum Gasteiger partial charge on any atom is -0.480 e. The molecular formula is C13H19N3O4. The first kappa shape index (κ1) is 15.8. The van der Waals surface area contributed by atoms with E-state index in [4.69, 9.17) is 11.5 Å². The van der Waals surface area contributed by atoms with E-state index < -0.39 is 18.0 Å². The fourth-order valence-corrected chi connectivity index (χ4v) is 1.92. The van der Waals surface area contributed by atoms with Crippen LogP contribution in [0.15, 0.2) is 0 Å². The Hall–Kier alpha value is -2.23. The van der Waals surface area contributed by atoms with Gasteiger partial charge in [0.25, 0.3) is 0 Å². The van der Waals surface area contributed by atoms with E-state index in [9.17, 15) is 14.4 Å². The van der Waals surface area contributed by atoms with E-state index >= 15 is 0 Å². The van der Waals surface area contributed by atoms with E-state index in [0.29, 0.717) is 13.1 Å². The first-order valence-electron chi connectivity index (χ1n) is 6.41. The third-order valence-corrected chi connectivity index (χ3v) is 3.10. The van der Waals surface area contributed by atoms with Gasteiger partial charge in [-0.2, -0.15) is 0 Å². The summed E-state index contributed by atoms with van der Waals surface area (Å²) in [6.07, 6.45) is 6.90. The Labute approximate surface area is 117 Å². The van der Waals surface area contributed by atoms with Gasteiger partial charge in [-0.25, -0.2) is 9.59 Å². The monoisotopic (exact) mass is 281 g/mol. The molecule has 0 radical (unpaired) electrons. The van der Waals surface area contributed by atoms with E-state index in [1.165, 1.54) is 7.05 Å². The molecule has 1 aliphatic rings. The molecule has 2 N–H and O–H groups in total. The number of carbonyl (C=O) groups is 3. The average molecular weight is 281 g/mol. The Bertz CT molecular complexity index is 424. The molecule has 0 aromatic heterocycles. The minimum atomic E-state index is -1.20. The number of carboxylic acids is 1. The molecule has 0 aliphatic carbocycles. The highest BCUT2D eigenvalue weighted by molar-refractivity contribution is 5.86. The molecule has 20 heavy (non-hydrogen) atoms. The Kier molecular flexibility index (Phi) is 5.84. The van der Waals surface area contributed by atoms with Crippen molar-refractivity contribution in [1.82, 2.24) is 15.1 Å². The van der Waals surface area contributed by atoms with Crippen molar-refractivity contribution in [3.8, 4) is 12.3 Å². The molecule has 1 fully saturated rings. The van der Waals surface area contributed by atoms with Gasteiger partial charge in [0.2, 0.25) is 5.91 Å². The maximum absolute atomic E-state index is 11.9. The van der Waals surface area contributed by atoms with Crippen LogP contribution in [0.4, 0.5) is 4.79 Å². The zero-order chi connectivity index (χ0) is 15.1. The van der Waals surface area contributed by atoms with Crippen molar-refractivity contribution in [2.24, 2.45) is 0 Å². The average Bonchev–Trinajstić information content (AvgIpc) is 2.91. The summed E-state index contributed by atoms with van der Waals surface area (Å²) in [6.45, 7) is 1.35. The molecular weight excluding hydrogens is 262 g/mol. The van der Waals surface area contributed by atoms with Crippen molar-refractivity contribution < 1.29 is 19.5 Å². The second-order valence-electron chi connectivity index (χ2n) is 4.69. The van der Waals surface area contributed by atoms with Crippen LogP contribution in [0.3, 0.4) is 0 Å². The number of hydrogen-bond acceptors (Lipinski definition) is 3. The molecule has 0 aromatic carbocycles. The molecule has 3 amide bonds. The standard InChI is InChI=1S/C13H19N3O4/c1-3-6-10(12(18)19)14-13(20)15(2)9-11(17)16-7-4-5-8-16/h1,10H,4-9H2,2H3,(H,14,20)(H,18,19). The van der Waals surface area contributed by atoms with E-state index in [0.717, 1.165) is 17.7 Å². The molecule has 1 atom stereocenters. The van der Waals surface area contributed by atoms with E-state index in [2.05, 4.69) is 11.2 Å². The third kappa shape index (κ3) is 4.46. The number of hydrogen-bond donors (Lipinski definition) is 2. The lowest BCUT2D eigenvalue weighted by atomic mass is 10.2. The lowest BCUT2D eigenvalue weighted by Gasteiger charge is -2.23. The lowest BCUT2D eigenvalue weighted by Crippen LogP contribution is -2.49. The largest absolute Gasteiger partial charge is 0.480 e. The molecule has 0 saturated carbocycles. The molecule has 110 valence electrons. The van der Waals surface area contributed by atoms with Gasteiger partial charge in [-0.1, -0.05) is 0 Å². The number of amides is 3. The van der Waals surface area contributed by atoms with Crippen LogP contribution >= 0.6 is 0 Å². The molecule has 7 nitrogen and oxygen atoms in total. The van der Waals surface area contributed by atoms with E-state index in [1.54, 1.807) is 4.90 Å². The van der Waals surface area contributed by atoms with Crippen molar-refractivity contribution >= 4 is 17.9 Å². The minimum absolute atomic E-state index is 0.0752. The third-order valence-electron chi connectivity index (χ3n) is 3.10. The molecule has 0 spiro atoms. The van der Waals surface area contributed by atoms with Crippen molar-refractivity contribution in [3.05, 3.63) is 0 Å². The second-order valence-corrected chi connectivity index (χ2v) is 4.69. The van der Waals surface area contributed by atoms with Gasteiger partial charge < -0.3 is 20.2 Å². The highest BCUT2D eigenvalue weighted by Crippen LogP contribution is 2.07. The zero-order valence-corrected chi connectivity index (χ0v) is 11.5. The van der Waals surface area contributed by atoms with Crippen LogP contribution in [0.25, 0.3) is 0 Å². The number of likely N-dealkylation sites (tertiary alicyclic amines) is 1. The number of aliphatic carboxylic acids is 1. The van der Waals surface area contributed by atoms with E-state index in [-0.39, 0.29) is 18.9 Å². The summed E-state index contributed by atoms with van der Waals surface area (Å²) in [7, 11) is 1.44. The molecule has 1 aliphatic heterocycles. The van der Waals surface area contributed by atoms with Crippen LogP contribution in [0.2, 0.25) is 0 Å². The number of nitrogens with zero attached hydrogens (tertiary/aromatic N) is 2. The number of terminal acetylenes is 1. The molecule has 1 unspecified atom stereocenters. The van der Waals surface area contributed by atoms with Gasteiger partial charge in [-0.3, -0.25) is 4.79 Å². The smallest absolute Gasteiger partial charge is 0.327 e. The summed E-state index contributed by atoms with van der Waals surface area (Å²) in [5.74, 6) is 0.856. The van der Waals surface area contributed by atoms with Crippen LogP contribution in [-0.4, -0.2) is 65.5 Å². The van der Waals surface area contributed by atoms with Gasteiger partial charge >= 0.3 is 12.0 Å². The highest BCUT2D eigenvalue weighted by atomic mass is 16.4. The Morgan fingerprint density at radius 2 is 2.00 bits per heavy atom. The fourth-order valence-electron chi connectivity index (χ4n) is 1.92. The van der Waals surface area contributed by atoms with Crippen LogP contribution in [0.1, 0.15) is 19.3 Å². The Morgan fingerprint density at radius 3 is 2.50 bits per heavy atom. The molecule has 1 heterocycles. The zero-order valence-electron chi connectivity index (χ0n) is 11.5. The topological polar surface area (TPSA) is 90.0 Å². The number of carboxylic acid groups (broad SMARTS) is 1. The molecule has 0 aromatic rings. The van der Waals surface area contributed by atoms with E-state index in [1.807, 2.05) is 0 Å². The summed E-state index contributed by atoms with van der Waals surface area (Å²) in [5, 5.41) is 11.2. The van der Waals surface area contributed by atoms with Gasteiger partial charge in [0.05, 0.1) is 0 Å². The SMILES string of the molecule is C#CCC(NC(=O)N(C)CC(=O)N1CCCC1)C(=O)O. The molecule has 1 saturated heterocycles. The molecule has 0 bridgehead atoms. The lowest BCUT2D eigenvalue weighted by molar-refractivity contribution is -0.139. The van der Waals surface area contributed by atoms with Gasteiger partial charge in [0.15, 0.2) is 0 Å². The normalized spacial score (nSPS) is 15.3. The first-order chi connectivity index (χ1) is 9.45. The van der Waals surface area contributed by atoms with Crippen LogP contribution in [0.5, 0.6) is 0 Å². The molecule has 1 rings (SSSR count). The van der Waals surface area contributed by atoms with Crippen molar-refractivity contribution in [1.29, 1.82) is 0 Å².